The topological polar surface area (TPSA) is 84.7 Å². The molecule has 1 fully saturated rings. The number of nitrogens with zero attached hydrogens (tertiary/aromatic N) is 1. The summed E-state index contributed by atoms with van der Waals surface area (Å²) in [4.78, 5) is 26.6. The van der Waals surface area contributed by atoms with E-state index in [9.17, 15) is 9.59 Å². The Kier molecular flexibility index (Phi) is 2.27. The van der Waals surface area contributed by atoms with E-state index in [1.54, 1.807) is 0 Å². The molecule has 1 aliphatic heterocycles. The van der Waals surface area contributed by atoms with Gasteiger partial charge in [0.2, 0.25) is 5.91 Å². The van der Waals surface area contributed by atoms with E-state index in [2.05, 4.69) is 16.1 Å². The van der Waals surface area contributed by atoms with Gasteiger partial charge in [0.25, 0.3) is 0 Å². The fourth-order valence-electron chi connectivity index (χ4n) is 0.869. The van der Waals surface area contributed by atoms with Crippen molar-refractivity contribution in [2.45, 2.75) is 0 Å². The molecule has 0 aliphatic carbocycles. The first kappa shape index (κ1) is 7.80. The van der Waals surface area contributed by atoms with E-state index in [0.29, 0.717) is 13.1 Å². The van der Waals surface area contributed by atoms with Crippen molar-refractivity contribution in [3.63, 3.8) is 0 Å². The van der Waals surface area contributed by atoms with Crippen LogP contribution in [0.25, 0.3) is 0 Å². The maximum absolute atomic E-state index is 10.7. The van der Waals surface area contributed by atoms with Crippen molar-refractivity contribution in [3.8, 4) is 0 Å². The van der Waals surface area contributed by atoms with Gasteiger partial charge in [0.15, 0.2) is 0 Å². The summed E-state index contributed by atoms with van der Waals surface area (Å²) < 4.78 is 0. The molecule has 0 saturated carbocycles. The highest BCUT2D eigenvalue weighted by atomic mass is 16.7. The van der Waals surface area contributed by atoms with Gasteiger partial charge in [0, 0.05) is 13.1 Å². The minimum Gasteiger partial charge on any atom is -0.357 e. The summed E-state index contributed by atoms with van der Waals surface area (Å²) in [5.41, 5.74) is 0. The maximum Gasteiger partial charge on any atom is 0.429 e. The lowest BCUT2D eigenvalue weighted by Crippen LogP contribution is -2.50. The first-order valence-corrected chi connectivity index (χ1v) is 3.16. The van der Waals surface area contributed by atoms with E-state index < -0.39 is 6.09 Å². The summed E-state index contributed by atoms with van der Waals surface area (Å²) in [5, 5.41) is 2.56. The zero-order chi connectivity index (χ0) is 8.27. The SMILES string of the molecule is NOC(=O)N1CCNC(=O)C1. The van der Waals surface area contributed by atoms with Gasteiger partial charge >= 0.3 is 6.09 Å². The van der Waals surface area contributed by atoms with Crippen LogP contribution in [0.15, 0.2) is 0 Å². The highest BCUT2D eigenvalue weighted by Crippen LogP contribution is 1.94. The third kappa shape index (κ3) is 1.81. The van der Waals surface area contributed by atoms with Crippen molar-refractivity contribution >= 4 is 12.0 Å². The number of carbonyl (C=O) groups excluding carboxylic acids is 2. The van der Waals surface area contributed by atoms with Gasteiger partial charge < -0.3 is 10.2 Å². The summed E-state index contributed by atoms with van der Waals surface area (Å²) in [7, 11) is 0. The van der Waals surface area contributed by atoms with Crippen molar-refractivity contribution < 1.29 is 14.4 Å². The van der Waals surface area contributed by atoms with Gasteiger partial charge in [-0.3, -0.25) is 9.69 Å². The largest absolute Gasteiger partial charge is 0.429 e. The van der Waals surface area contributed by atoms with Crippen LogP contribution in [-0.2, 0) is 9.63 Å². The van der Waals surface area contributed by atoms with E-state index in [-0.39, 0.29) is 12.5 Å². The van der Waals surface area contributed by atoms with Crippen LogP contribution in [0.4, 0.5) is 4.79 Å². The Morgan fingerprint density at radius 1 is 1.73 bits per heavy atom. The predicted molar refractivity (Wildman–Crippen MR) is 35.3 cm³/mol. The Bertz CT molecular complexity index is 182. The first-order chi connectivity index (χ1) is 5.24. The quantitative estimate of drug-likeness (QED) is 0.418. The summed E-state index contributed by atoms with van der Waals surface area (Å²) in [6.45, 7) is 0.922. The number of nitrogens with two attached hydrogens (primary N) is 1. The molecule has 0 aromatic carbocycles. The number of amides is 2. The second-order valence-electron chi connectivity index (χ2n) is 2.16. The third-order valence-corrected chi connectivity index (χ3v) is 1.40. The molecule has 0 atom stereocenters. The number of rotatable bonds is 0. The van der Waals surface area contributed by atoms with Gasteiger partial charge in [0.1, 0.15) is 6.54 Å². The number of nitrogens with one attached hydrogen (secondary N) is 1. The molecule has 1 aliphatic rings. The fraction of sp³-hybridized carbons (Fsp3) is 0.600. The molecule has 0 radical (unpaired) electrons. The molecule has 3 N–H and O–H groups in total. The van der Waals surface area contributed by atoms with Crippen LogP contribution in [0.1, 0.15) is 0 Å². The average molecular weight is 159 g/mol. The Hall–Kier alpha value is -1.30. The molecule has 1 heterocycles. The Balaban J connectivity index is 2.45. The normalized spacial score (nSPS) is 17.5. The Labute approximate surface area is 63.2 Å². The lowest BCUT2D eigenvalue weighted by atomic mass is 10.4. The monoisotopic (exact) mass is 159 g/mol. The van der Waals surface area contributed by atoms with Crippen LogP contribution in [0.5, 0.6) is 0 Å². The van der Waals surface area contributed by atoms with E-state index in [0.717, 1.165) is 0 Å². The summed E-state index contributed by atoms with van der Waals surface area (Å²) in [5.74, 6) is 4.43. The van der Waals surface area contributed by atoms with Crippen LogP contribution in [0.3, 0.4) is 0 Å². The van der Waals surface area contributed by atoms with Crippen LogP contribution in [0, 0.1) is 0 Å². The number of piperazine rings is 1. The zero-order valence-electron chi connectivity index (χ0n) is 5.87. The molecular formula is C5H9N3O3. The summed E-state index contributed by atoms with van der Waals surface area (Å²) >= 11 is 0. The average Bonchev–Trinajstić information content (AvgIpc) is 2.03. The molecule has 0 aromatic heterocycles. The molecule has 0 aromatic rings. The number of hydrogen-bond donors (Lipinski definition) is 2. The maximum atomic E-state index is 10.7. The van der Waals surface area contributed by atoms with E-state index in [1.165, 1.54) is 4.90 Å². The lowest BCUT2D eigenvalue weighted by Gasteiger charge is -2.24. The summed E-state index contributed by atoms with van der Waals surface area (Å²) in [6.07, 6.45) is -0.667. The standard InChI is InChI=1S/C5H9N3O3/c6-11-5(10)8-2-1-7-4(9)3-8/h1-3,6H2,(H,7,9). The van der Waals surface area contributed by atoms with E-state index in [1.807, 2.05) is 0 Å². The van der Waals surface area contributed by atoms with Gasteiger partial charge in [-0.25, -0.2) is 4.79 Å². The van der Waals surface area contributed by atoms with Crippen LogP contribution >= 0.6 is 0 Å². The van der Waals surface area contributed by atoms with Crippen molar-refractivity contribution in [2.24, 2.45) is 5.90 Å². The van der Waals surface area contributed by atoms with Crippen molar-refractivity contribution in [1.29, 1.82) is 0 Å². The van der Waals surface area contributed by atoms with Gasteiger partial charge in [-0.15, -0.1) is 0 Å². The second-order valence-corrected chi connectivity index (χ2v) is 2.16. The minimum absolute atomic E-state index is 0.0238. The molecule has 1 saturated heterocycles. The smallest absolute Gasteiger partial charge is 0.357 e. The molecule has 11 heavy (non-hydrogen) atoms. The number of hydrogen-bond acceptors (Lipinski definition) is 4. The Morgan fingerprint density at radius 2 is 2.45 bits per heavy atom. The van der Waals surface area contributed by atoms with Crippen molar-refractivity contribution in [1.82, 2.24) is 10.2 Å². The van der Waals surface area contributed by atoms with Gasteiger partial charge in [-0.05, 0) is 0 Å². The number of carbonyl (C=O) groups is 2. The highest BCUT2D eigenvalue weighted by Gasteiger charge is 2.21. The van der Waals surface area contributed by atoms with Gasteiger partial charge in [-0.2, -0.15) is 5.90 Å². The van der Waals surface area contributed by atoms with E-state index in [4.69, 9.17) is 0 Å². The van der Waals surface area contributed by atoms with Crippen LogP contribution in [-0.4, -0.2) is 36.5 Å². The Morgan fingerprint density at radius 3 is 3.00 bits per heavy atom. The molecule has 6 heteroatoms. The molecular weight excluding hydrogens is 150 g/mol. The zero-order valence-corrected chi connectivity index (χ0v) is 5.87. The summed E-state index contributed by atoms with van der Waals surface area (Å²) in [6, 6.07) is 0. The van der Waals surface area contributed by atoms with Crippen molar-refractivity contribution in [2.75, 3.05) is 19.6 Å². The predicted octanol–water partition coefficient (Wildman–Crippen LogP) is -1.57. The molecule has 2 amide bonds. The molecule has 0 unspecified atom stereocenters. The first-order valence-electron chi connectivity index (χ1n) is 3.16. The molecule has 0 bridgehead atoms. The second kappa shape index (κ2) is 3.20. The van der Waals surface area contributed by atoms with Crippen molar-refractivity contribution in [3.05, 3.63) is 0 Å². The highest BCUT2D eigenvalue weighted by molar-refractivity contribution is 5.83. The third-order valence-electron chi connectivity index (χ3n) is 1.40. The fourth-order valence-corrected chi connectivity index (χ4v) is 0.869. The van der Waals surface area contributed by atoms with E-state index >= 15 is 0 Å². The minimum atomic E-state index is -0.667. The van der Waals surface area contributed by atoms with Gasteiger partial charge in [0.05, 0.1) is 0 Å². The van der Waals surface area contributed by atoms with Gasteiger partial charge in [-0.1, -0.05) is 0 Å². The molecule has 6 nitrogen and oxygen atoms in total. The molecule has 62 valence electrons. The van der Waals surface area contributed by atoms with Crippen LogP contribution in [0.2, 0.25) is 0 Å². The van der Waals surface area contributed by atoms with Crippen LogP contribution < -0.4 is 11.2 Å². The lowest BCUT2D eigenvalue weighted by molar-refractivity contribution is -0.123. The molecule has 1 rings (SSSR count). The molecule has 0 spiro atoms.